The zero-order chi connectivity index (χ0) is 15.9. The average molecular weight is 307 g/mol. The van der Waals surface area contributed by atoms with Crippen LogP contribution in [0.1, 0.15) is 19.3 Å². The Morgan fingerprint density at radius 1 is 1.05 bits per heavy atom. The van der Waals surface area contributed by atoms with Gasteiger partial charge in [-0.25, -0.2) is 13.8 Å². The van der Waals surface area contributed by atoms with Crippen molar-refractivity contribution >= 4 is 5.82 Å². The van der Waals surface area contributed by atoms with E-state index in [9.17, 15) is 8.78 Å². The Balaban J connectivity index is 2.22. The molecule has 0 spiro atoms. The van der Waals surface area contributed by atoms with Crippen LogP contribution in [0.3, 0.4) is 0 Å². The number of benzene rings is 1. The van der Waals surface area contributed by atoms with Gasteiger partial charge in [0.25, 0.3) is 0 Å². The van der Waals surface area contributed by atoms with Crippen molar-refractivity contribution in [3.05, 3.63) is 42.1 Å². The van der Waals surface area contributed by atoms with E-state index < -0.39 is 11.6 Å². The molecule has 0 aliphatic rings. The highest BCUT2D eigenvalue weighted by Crippen LogP contribution is 2.33. The summed E-state index contributed by atoms with van der Waals surface area (Å²) in [5.41, 5.74) is 11.7. The zero-order valence-corrected chi connectivity index (χ0v) is 12.2. The lowest BCUT2D eigenvalue weighted by Gasteiger charge is -2.13. The largest absolute Gasteiger partial charge is 0.493 e. The molecule has 0 radical (unpaired) electrons. The summed E-state index contributed by atoms with van der Waals surface area (Å²) in [4.78, 5) is 3.68. The first-order valence-corrected chi connectivity index (χ1v) is 7.15. The van der Waals surface area contributed by atoms with Gasteiger partial charge in [-0.15, -0.1) is 0 Å². The van der Waals surface area contributed by atoms with Crippen molar-refractivity contribution in [1.82, 2.24) is 4.98 Å². The van der Waals surface area contributed by atoms with Crippen LogP contribution in [0.15, 0.2) is 30.5 Å². The number of pyridine rings is 1. The Hall–Kier alpha value is -2.21. The molecule has 0 saturated carbocycles. The fraction of sp³-hybridized carbons (Fsp3) is 0.312. The highest BCUT2D eigenvalue weighted by molar-refractivity contribution is 5.72. The molecule has 0 aliphatic carbocycles. The lowest BCUT2D eigenvalue weighted by Crippen LogP contribution is -2.03. The van der Waals surface area contributed by atoms with Crippen LogP contribution in [0, 0.1) is 11.6 Å². The Labute approximate surface area is 128 Å². The smallest absolute Gasteiger partial charge is 0.149 e. The van der Waals surface area contributed by atoms with Crippen LogP contribution in [0.2, 0.25) is 0 Å². The third kappa shape index (κ3) is 4.14. The number of rotatable bonds is 7. The lowest BCUT2D eigenvalue weighted by molar-refractivity contribution is 0.305. The number of aromatic nitrogens is 1. The SMILES string of the molecule is NCCCCCOc1cc(F)ccc1-c1cc(N)ncc1F. The fourth-order valence-corrected chi connectivity index (χ4v) is 2.10. The number of hydrogen-bond acceptors (Lipinski definition) is 4. The third-order valence-electron chi connectivity index (χ3n) is 3.22. The van der Waals surface area contributed by atoms with Gasteiger partial charge in [-0.3, -0.25) is 0 Å². The first-order valence-electron chi connectivity index (χ1n) is 7.15. The van der Waals surface area contributed by atoms with Gasteiger partial charge >= 0.3 is 0 Å². The molecule has 0 amide bonds. The van der Waals surface area contributed by atoms with Crippen LogP contribution >= 0.6 is 0 Å². The molecule has 22 heavy (non-hydrogen) atoms. The molecule has 1 heterocycles. The number of anilines is 1. The molecule has 0 atom stereocenters. The standard InChI is InChI=1S/C16H19F2N3O/c17-11-4-5-12(13-9-16(20)21-10-14(13)18)15(8-11)22-7-3-1-2-6-19/h4-5,8-10H,1-3,6-7,19H2,(H2,20,21). The average Bonchev–Trinajstić information content (AvgIpc) is 2.50. The Morgan fingerprint density at radius 2 is 1.86 bits per heavy atom. The molecule has 0 saturated heterocycles. The lowest BCUT2D eigenvalue weighted by atomic mass is 10.0. The minimum absolute atomic E-state index is 0.189. The molecule has 2 aromatic rings. The molecule has 0 fully saturated rings. The summed E-state index contributed by atoms with van der Waals surface area (Å²) in [5.74, 6) is -0.496. The Kier molecular flexibility index (Phi) is 5.66. The van der Waals surface area contributed by atoms with Crippen molar-refractivity contribution in [3.63, 3.8) is 0 Å². The molecule has 118 valence electrons. The first-order chi connectivity index (χ1) is 10.6. The minimum Gasteiger partial charge on any atom is -0.493 e. The molecule has 4 N–H and O–H groups in total. The molecule has 1 aromatic heterocycles. The molecular weight excluding hydrogens is 288 g/mol. The van der Waals surface area contributed by atoms with Gasteiger partial charge in [0.15, 0.2) is 0 Å². The summed E-state index contributed by atoms with van der Waals surface area (Å²) in [6, 6.07) is 5.38. The van der Waals surface area contributed by atoms with E-state index in [1.165, 1.54) is 24.3 Å². The van der Waals surface area contributed by atoms with E-state index in [4.69, 9.17) is 16.2 Å². The van der Waals surface area contributed by atoms with Crippen LogP contribution in [0.25, 0.3) is 11.1 Å². The van der Waals surface area contributed by atoms with E-state index >= 15 is 0 Å². The summed E-state index contributed by atoms with van der Waals surface area (Å²) in [5, 5.41) is 0. The van der Waals surface area contributed by atoms with E-state index in [0.29, 0.717) is 18.7 Å². The topological polar surface area (TPSA) is 74.2 Å². The van der Waals surface area contributed by atoms with E-state index in [1.807, 2.05) is 0 Å². The third-order valence-corrected chi connectivity index (χ3v) is 3.22. The number of nitrogens with zero attached hydrogens (tertiary/aromatic N) is 1. The second-order valence-electron chi connectivity index (χ2n) is 4.93. The maximum atomic E-state index is 13.9. The predicted molar refractivity (Wildman–Crippen MR) is 82.4 cm³/mol. The van der Waals surface area contributed by atoms with Gasteiger partial charge in [-0.1, -0.05) is 0 Å². The summed E-state index contributed by atoms with van der Waals surface area (Å²) < 4.78 is 33.0. The molecular formula is C16H19F2N3O. The van der Waals surface area contributed by atoms with Crippen molar-refractivity contribution in [2.75, 3.05) is 18.9 Å². The van der Waals surface area contributed by atoms with Gasteiger partial charge in [0.1, 0.15) is 23.2 Å². The van der Waals surface area contributed by atoms with Crippen molar-refractivity contribution in [3.8, 4) is 16.9 Å². The van der Waals surface area contributed by atoms with E-state index in [0.717, 1.165) is 25.5 Å². The number of halogens is 2. The second-order valence-corrected chi connectivity index (χ2v) is 4.93. The Bertz CT molecular complexity index is 635. The number of nitrogens with two attached hydrogens (primary N) is 2. The second kappa shape index (κ2) is 7.70. The van der Waals surface area contributed by atoms with Crippen LogP contribution in [0.5, 0.6) is 5.75 Å². The molecule has 4 nitrogen and oxygen atoms in total. The van der Waals surface area contributed by atoms with Gasteiger partial charge in [-0.2, -0.15) is 0 Å². The summed E-state index contributed by atoms with van der Waals surface area (Å²) in [6.07, 6.45) is 3.68. The van der Waals surface area contributed by atoms with Gasteiger partial charge in [0, 0.05) is 17.2 Å². The monoisotopic (exact) mass is 307 g/mol. The van der Waals surface area contributed by atoms with Gasteiger partial charge in [0.05, 0.1) is 12.8 Å². The van der Waals surface area contributed by atoms with E-state index in [1.54, 1.807) is 0 Å². The van der Waals surface area contributed by atoms with Gasteiger partial charge < -0.3 is 16.2 Å². The molecule has 0 aliphatic heterocycles. The molecule has 1 aromatic carbocycles. The van der Waals surface area contributed by atoms with Crippen LogP contribution in [0.4, 0.5) is 14.6 Å². The highest BCUT2D eigenvalue weighted by Gasteiger charge is 2.13. The van der Waals surface area contributed by atoms with Crippen molar-refractivity contribution in [2.24, 2.45) is 5.73 Å². The number of ether oxygens (including phenoxy) is 1. The molecule has 0 bridgehead atoms. The molecule has 2 rings (SSSR count). The van der Waals surface area contributed by atoms with Gasteiger partial charge in [-0.05, 0) is 44.0 Å². The first kappa shape index (κ1) is 16.2. The number of unbranched alkanes of at least 4 members (excludes halogenated alkanes) is 2. The predicted octanol–water partition coefficient (Wildman–Crippen LogP) is 3.12. The summed E-state index contributed by atoms with van der Waals surface area (Å²) >= 11 is 0. The van der Waals surface area contributed by atoms with Crippen LogP contribution in [-0.2, 0) is 0 Å². The fourth-order valence-electron chi connectivity index (χ4n) is 2.10. The maximum absolute atomic E-state index is 13.9. The number of hydrogen-bond donors (Lipinski definition) is 2. The van der Waals surface area contributed by atoms with Crippen molar-refractivity contribution in [1.29, 1.82) is 0 Å². The van der Waals surface area contributed by atoms with Gasteiger partial charge in [0.2, 0.25) is 0 Å². The summed E-state index contributed by atoms with van der Waals surface area (Å²) in [7, 11) is 0. The quantitative estimate of drug-likeness (QED) is 0.771. The highest BCUT2D eigenvalue weighted by atomic mass is 19.1. The zero-order valence-electron chi connectivity index (χ0n) is 12.2. The van der Waals surface area contributed by atoms with Crippen LogP contribution < -0.4 is 16.2 Å². The summed E-state index contributed by atoms with van der Waals surface area (Å²) in [6.45, 7) is 1.05. The van der Waals surface area contributed by atoms with E-state index in [2.05, 4.69) is 4.98 Å². The normalized spacial score (nSPS) is 10.7. The van der Waals surface area contributed by atoms with E-state index in [-0.39, 0.29) is 17.1 Å². The maximum Gasteiger partial charge on any atom is 0.149 e. The number of nitrogen functional groups attached to an aromatic ring is 1. The molecule has 6 heteroatoms. The molecule has 0 unspecified atom stereocenters. The van der Waals surface area contributed by atoms with Crippen molar-refractivity contribution in [2.45, 2.75) is 19.3 Å². The minimum atomic E-state index is -0.534. The Morgan fingerprint density at radius 3 is 2.64 bits per heavy atom. The van der Waals surface area contributed by atoms with Crippen molar-refractivity contribution < 1.29 is 13.5 Å². The van der Waals surface area contributed by atoms with Crippen LogP contribution in [-0.4, -0.2) is 18.1 Å².